The number of benzene rings is 3. The monoisotopic (exact) mass is 553 g/mol. The van der Waals surface area contributed by atoms with Gasteiger partial charge in [0.2, 0.25) is 5.43 Å². The van der Waals surface area contributed by atoms with Crippen LogP contribution in [0.4, 0.5) is 10.1 Å². The first kappa shape index (κ1) is 25.3. The van der Waals surface area contributed by atoms with E-state index in [2.05, 4.69) is 20.5 Å². The average Bonchev–Trinajstić information content (AvgIpc) is 3.39. The number of fused-ring (bicyclic) bond motifs is 2. The Morgan fingerprint density at radius 1 is 1.05 bits per heavy atom. The van der Waals surface area contributed by atoms with Crippen LogP contribution >= 0.6 is 11.6 Å². The number of halogens is 2. The van der Waals surface area contributed by atoms with E-state index in [0.717, 1.165) is 11.6 Å². The van der Waals surface area contributed by atoms with Gasteiger partial charge in [0.25, 0.3) is 5.91 Å². The topological polar surface area (TPSA) is 102 Å². The second-order valence-corrected chi connectivity index (χ2v) is 9.62. The van der Waals surface area contributed by atoms with Gasteiger partial charge in [-0.25, -0.2) is 9.37 Å². The summed E-state index contributed by atoms with van der Waals surface area (Å²) < 4.78 is 22.9. The molecule has 0 bridgehead atoms. The lowest BCUT2D eigenvalue weighted by Crippen LogP contribution is -2.26. The number of H-pyrrole nitrogens is 1. The van der Waals surface area contributed by atoms with Crippen LogP contribution < -0.4 is 15.5 Å². The summed E-state index contributed by atoms with van der Waals surface area (Å²) in [6.07, 6.45) is 1.53. The van der Waals surface area contributed by atoms with E-state index in [-0.39, 0.29) is 17.0 Å². The number of carbonyl (C=O) groups is 1. The van der Waals surface area contributed by atoms with Crippen LogP contribution in [-0.2, 0) is 7.05 Å². The number of aromatic nitrogens is 4. The molecule has 3 aromatic heterocycles. The van der Waals surface area contributed by atoms with E-state index >= 15 is 4.39 Å². The third-order valence-electron chi connectivity index (χ3n) is 6.77. The lowest BCUT2D eigenvalue weighted by Gasteiger charge is -2.15. The third kappa shape index (κ3) is 4.36. The van der Waals surface area contributed by atoms with E-state index < -0.39 is 17.2 Å². The first-order valence-electron chi connectivity index (χ1n) is 12.3. The van der Waals surface area contributed by atoms with E-state index in [4.69, 9.17) is 16.3 Å². The molecule has 0 aliphatic carbocycles. The number of aryl methyl sites for hydroxylation is 1. The number of nitrogens with zero attached hydrogens (tertiary/aromatic N) is 3. The van der Waals surface area contributed by atoms with Crippen molar-refractivity contribution in [2.45, 2.75) is 6.92 Å². The summed E-state index contributed by atoms with van der Waals surface area (Å²) in [5.41, 5.74) is 2.76. The van der Waals surface area contributed by atoms with Crippen LogP contribution in [0.3, 0.4) is 0 Å². The van der Waals surface area contributed by atoms with Crippen LogP contribution in [0.5, 0.6) is 11.5 Å². The zero-order valence-electron chi connectivity index (χ0n) is 21.3. The van der Waals surface area contributed by atoms with Crippen molar-refractivity contribution in [1.29, 1.82) is 0 Å². The van der Waals surface area contributed by atoms with Gasteiger partial charge in [-0.1, -0.05) is 41.9 Å². The molecule has 0 spiro atoms. The summed E-state index contributed by atoms with van der Waals surface area (Å²) in [7, 11) is 1.76. The standard InChI is InChI=1S/C30H21ClFN5O3/c1-16-25(28(38)20-14-18(31)8-10-22(20)37(16)2)30(39)34-19-9-11-23(21(32)15-19)40-24-12-13-33-29-26(24)27(35-36-29)17-6-4-3-5-7-17/h3-15H,1-2H3,(H,34,39)(H,33,35,36). The fourth-order valence-corrected chi connectivity index (χ4v) is 4.86. The molecule has 3 heterocycles. The summed E-state index contributed by atoms with van der Waals surface area (Å²) in [4.78, 5) is 30.6. The zero-order valence-corrected chi connectivity index (χ0v) is 22.1. The van der Waals surface area contributed by atoms with Crippen molar-refractivity contribution in [1.82, 2.24) is 19.7 Å². The second-order valence-electron chi connectivity index (χ2n) is 9.18. The molecule has 0 aliphatic rings. The molecule has 0 aliphatic heterocycles. The number of rotatable bonds is 5. The van der Waals surface area contributed by atoms with Gasteiger partial charge in [0.1, 0.15) is 11.3 Å². The fraction of sp³-hybridized carbons (Fsp3) is 0.0667. The van der Waals surface area contributed by atoms with E-state index in [1.54, 1.807) is 36.7 Å². The Morgan fingerprint density at radius 2 is 1.85 bits per heavy atom. The molecule has 0 atom stereocenters. The van der Waals surface area contributed by atoms with Gasteiger partial charge in [0.05, 0.1) is 16.6 Å². The molecule has 3 aromatic carbocycles. The number of anilines is 1. The first-order chi connectivity index (χ1) is 19.3. The molecule has 8 nitrogen and oxygen atoms in total. The van der Waals surface area contributed by atoms with Crippen molar-refractivity contribution >= 4 is 45.1 Å². The summed E-state index contributed by atoms with van der Waals surface area (Å²) in [5.74, 6) is -1.06. The number of amides is 1. The minimum atomic E-state index is -0.706. The molecule has 0 fully saturated rings. The number of aromatic amines is 1. The summed E-state index contributed by atoms with van der Waals surface area (Å²) in [6.45, 7) is 1.68. The van der Waals surface area contributed by atoms with Crippen LogP contribution in [0, 0.1) is 12.7 Å². The minimum Gasteiger partial charge on any atom is -0.453 e. The van der Waals surface area contributed by atoms with Crippen LogP contribution in [-0.4, -0.2) is 25.7 Å². The van der Waals surface area contributed by atoms with Gasteiger partial charge in [-0.2, -0.15) is 5.10 Å². The smallest absolute Gasteiger partial charge is 0.261 e. The van der Waals surface area contributed by atoms with Gasteiger partial charge < -0.3 is 14.6 Å². The molecular weight excluding hydrogens is 533 g/mol. The maximum Gasteiger partial charge on any atom is 0.261 e. The number of pyridine rings is 2. The van der Waals surface area contributed by atoms with Gasteiger partial charge in [0.15, 0.2) is 17.2 Å². The molecule has 0 unspecified atom stereocenters. The third-order valence-corrected chi connectivity index (χ3v) is 7.01. The molecule has 1 amide bonds. The maximum absolute atomic E-state index is 15.2. The molecule has 40 heavy (non-hydrogen) atoms. The van der Waals surface area contributed by atoms with Crippen LogP contribution in [0.15, 0.2) is 83.8 Å². The highest BCUT2D eigenvalue weighted by Crippen LogP contribution is 2.36. The maximum atomic E-state index is 15.2. The molecule has 6 rings (SSSR count). The van der Waals surface area contributed by atoms with Gasteiger partial charge in [0, 0.05) is 46.7 Å². The van der Waals surface area contributed by atoms with E-state index in [9.17, 15) is 9.59 Å². The molecular formula is C30H21ClFN5O3. The number of nitrogens with one attached hydrogen (secondary N) is 2. The lowest BCUT2D eigenvalue weighted by molar-refractivity contribution is 0.102. The van der Waals surface area contributed by atoms with Crippen LogP contribution in [0.1, 0.15) is 16.1 Å². The lowest BCUT2D eigenvalue weighted by atomic mass is 10.1. The van der Waals surface area contributed by atoms with Gasteiger partial charge in [-0.15, -0.1) is 0 Å². The van der Waals surface area contributed by atoms with Crippen LogP contribution in [0.2, 0.25) is 5.02 Å². The van der Waals surface area contributed by atoms with Crippen LogP contribution in [0.25, 0.3) is 33.2 Å². The molecule has 0 saturated carbocycles. The molecule has 2 N–H and O–H groups in total. The van der Waals surface area contributed by atoms with Crippen molar-refractivity contribution in [3.63, 3.8) is 0 Å². The number of hydrogen-bond donors (Lipinski definition) is 2. The largest absolute Gasteiger partial charge is 0.453 e. The molecule has 10 heteroatoms. The SMILES string of the molecule is Cc1c(C(=O)Nc2ccc(Oc3ccnc4n[nH]c(-c5ccccc5)c34)c(F)c2)c(=O)c2cc(Cl)ccc2n1C. The van der Waals surface area contributed by atoms with Gasteiger partial charge >= 0.3 is 0 Å². The highest BCUT2D eigenvalue weighted by Gasteiger charge is 2.20. The predicted molar refractivity (Wildman–Crippen MR) is 153 cm³/mol. The summed E-state index contributed by atoms with van der Waals surface area (Å²) in [6, 6.07) is 20.1. The average molecular weight is 554 g/mol. The Hall–Kier alpha value is -5.02. The van der Waals surface area contributed by atoms with Crippen molar-refractivity contribution in [2.24, 2.45) is 7.05 Å². The fourth-order valence-electron chi connectivity index (χ4n) is 4.69. The normalized spacial score (nSPS) is 11.2. The number of hydrogen-bond acceptors (Lipinski definition) is 5. The first-order valence-corrected chi connectivity index (χ1v) is 12.7. The van der Waals surface area contributed by atoms with Crippen molar-refractivity contribution in [3.05, 3.63) is 111 Å². The Kier molecular flexibility index (Phi) is 6.28. The number of carbonyl (C=O) groups excluding carboxylic acids is 1. The molecule has 6 aromatic rings. The molecule has 0 radical (unpaired) electrons. The highest BCUT2D eigenvalue weighted by molar-refractivity contribution is 6.31. The highest BCUT2D eigenvalue weighted by atomic mass is 35.5. The number of ether oxygens (including phenoxy) is 1. The Morgan fingerprint density at radius 3 is 2.62 bits per heavy atom. The zero-order chi connectivity index (χ0) is 28.0. The van der Waals surface area contributed by atoms with Crippen molar-refractivity contribution in [3.8, 4) is 22.8 Å². The van der Waals surface area contributed by atoms with Crippen molar-refractivity contribution in [2.75, 3.05) is 5.32 Å². The van der Waals surface area contributed by atoms with Gasteiger partial charge in [-0.3, -0.25) is 14.7 Å². The summed E-state index contributed by atoms with van der Waals surface area (Å²) in [5, 5.41) is 11.2. The van der Waals surface area contributed by atoms with E-state index in [0.29, 0.717) is 44.1 Å². The predicted octanol–water partition coefficient (Wildman–Crippen LogP) is 6.62. The second kappa shape index (κ2) is 9.94. The molecule has 0 saturated heterocycles. The van der Waals surface area contributed by atoms with Gasteiger partial charge in [-0.05, 0) is 43.3 Å². The summed E-state index contributed by atoms with van der Waals surface area (Å²) >= 11 is 6.09. The Bertz CT molecular complexity index is 2000. The Labute approximate surface area is 232 Å². The quantitative estimate of drug-likeness (QED) is 0.250. The van der Waals surface area contributed by atoms with Crippen molar-refractivity contribution < 1.29 is 13.9 Å². The molecule has 198 valence electrons. The van der Waals surface area contributed by atoms with E-state index in [1.165, 1.54) is 24.4 Å². The Balaban J connectivity index is 1.30. The van der Waals surface area contributed by atoms with E-state index in [1.807, 2.05) is 30.3 Å². The minimum absolute atomic E-state index is 0.0504.